The number of carbonyl (C=O) groups is 2. The number of hydrogen-bond donors (Lipinski definition) is 1. The number of rotatable bonds is 6. The number of hydrogen-bond acceptors (Lipinski definition) is 5. The second kappa shape index (κ2) is 8.44. The molecule has 0 amide bonds. The van der Waals surface area contributed by atoms with Crippen LogP contribution in [-0.4, -0.2) is 39.3 Å². The number of nitrogens with one attached hydrogen (secondary N) is 1. The summed E-state index contributed by atoms with van der Waals surface area (Å²) < 4.78 is 48.5. The average Bonchev–Trinajstić information content (AvgIpc) is 2.93. The van der Waals surface area contributed by atoms with Gasteiger partial charge in [-0.1, -0.05) is 15.9 Å². The minimum Gasteiger partial charge on any atom is -0.461 e. The Bertz CT molecular complexity index is 956. The maximum absolute atomic E-state index is 12.9. The van der Waals surface area contributed by atoms with Crippen molar-refractivity contribution in [3.8, 4) is 5.69 Å². The number of aromatic amines is 1. The lowest BCUT2D eigenvalue weighted by molar-refractivity contribution is -0.146. The summed E-state index contributed by atoms with van der Waals surface area (Å²) in [5, 5.41) is 2.03. The van der Waals surface area contributed by atoms with Crippen LogP contribution in [0.2, 0.25) is 0 Å². The van der Waals surface area contributed by atoms with Gasteiger partial charge in [-0.25, -0.2) is 9.48 Å². The van der Waals surface area contributed by atoms with Crippen molar-refractivity contribution in [2.45, 2.75) is 31.3 Å². The van der Waals surface area contributed by atoms with Crippen LogP contribution < -0.4 is 5.56 Å². The molecule has 29 heavy (non-hydrogen) atoms. The molecule has 0 aliphatic rings. The Morgan fingerprint density at radius 2 is 1.66 bits per heavy atom. The van der Waals surface area contributed by atoms with E-state index in [0.717, 1.165) is 11.6 Å². The van der Waals surface area contributed by atoms with Crippen molar-refractivity contribution < 1.29 is 32.2 Å². The Morgan fingerprint density at radius 1 is 1.10 bits per heavy atom. The predicted molar refractivity (Wildman–Crippen MR) is 100 cm³/mol. The van der Waals surface area contributed by atoms with Crippen LogP contribution in [0, 0.1) is 6.92 Å². The van der Waals surface area contributed by atoms with Crippen molar-refractivity contribution >= 4 is 27.9 Å². The topological polar surface area (TPSA) is 90.4 Å². The van der Waals surface area contributed by atoms with Gasteiger partial charge in [0.05, 0.1) is 11.3 Å². The van der Waals surface area contributed by atoms with Crippen LogP contribution in [0.5, 0.6) is 0 Å². The SMILES string of the molecule is Cc1c(C(F)(F)F)[nH]n(-c2ccc(C(=O)OCCOC(=O)C(C)(C)Br)cc2)c1=O. The molecule has 1 aromatic carbocycles. The number of benzene rings is 1. The number of ether oxygens (including phenoxy) is 2. The molecule has 1 heterocycles. The van der Waals surface area contributed by atoms with E-state index in [1.165, 1.54) is 24.3 Å². The van der Waals surface area contributed by atoms with Crippen LogP contribution in [0.4, 0.5) is 13.2 Å². The van der Waals surface area contributed by atoms with Crippen LogP contribution in [0.15, 0.2) is 29.1 Å². The lowest BCUT2D eigenvalue weighted by atomic mass is 10.2. The van der Waals surface area contributed by atoms with Gasteiger partial charge in [-0.2, -0.15) is 13.2 Å². The minimum absolute atomic E-state index is 0.119. The van der Waals surface area contributed by atoms with Crippen molar-refractivity contribution in [2.75, 3.05) is 13.2 Å². The number of esters is 2. The average molecular weight is 479 g/mol. The molecular formula is C18H18BrF3N2O5. The van der Waals surface area contributed by atoms with E-state index in [-0.39, 0.29) is 24.5 Å². The number of halogens is 4. The molecule has 1 aromatic heterocycles. The molecule has 0 saturated heterocycles. The summed E-state index contributed by atoms with van der Waals surface area (Å²) in [4.78, 5) is 35.6. The highest BCUT2D eigenvalue weighted by atomic mass is 79.9. The molecule has 0 bridgehead atoms. The summed E-state index contributed by atoms with van der Waals surface area (Å²) in [6.07, 6.45) is -4.69. The molecule has 0 saturated carbocycles. The van der Waals surface area contributed by atoms with Gasteiger partial charge < -0.3 is 9.47 Å². The lowest BCUT2D eigenvalue weighted by Gasteiger charge is -2.14. The highest BCUT2D eigenvalue weighted by Gasteiger charge is 2.36. The summed E-state index contributed by atoms with van der Waals surface area (Å²) in [7, 11) is 0. The molecule has 7 nitrogen and oxygen atoms in total. The Morgan fingerprint density at radius 3 is 2.14 bits per heavy atom. The first kappa shape index (κ1) is 22.7. The largest absolute Gasteiger partial charge is 0.461 e. The molecule has 0 fully saturated rings. The molecule has 11 heteroatoms. The highest BCUT2D eigenvalue weighted by Crippen LogP contribution is 2.29. The molecule has 0 unspecified atom stereocenters. The molecule has 0 aliphatic carbocycles. The van der Waals surface area contributed by atoms with Gasteiger partial charge in [-0.05, 0) is 45.0 Å². The summed E-state index contributed by atoms with van der Waals surface area (Å²) in [5.41, 5.74) is -2.19. The van der Waals surface area contributed by atoms with Crippen molar-refractivity contribution in [3.05, 3.63) is 51.4 Å². The number of carbonyl (C=O) groups excluding carboxylic acids is 2. The first-order valence-corrected chi connectivity index (χ1v) is 9.14. The normalized spacial score (nSPS) is 12.0. The molecule has 1 N–H and O–H groups in total. The molecular weight excluding hydrogens is 461 g/mol. The predicted octanol–water partition coefficient (Wildman–Crippen LogP) is 3.37. The van der Waals surface area contributed by atoms with E-state index in [1.54, 1.807) is 13.8 Å². The Labute approximate surface area is 171 Å². The van der Waals surface area contributed by atoms with E-state index in [2.05, 4.69) is 15.9 Å². The van der Waals surface area contributed by atoms with Gasteiger partial charge >= 0.3 is 18.1 Å². The summed E-state index contributed by atoms with van der Waals surface area (Å²) >= 11 is 3.14. The fraction of sp³-hybridized carbons (Fsp3) is 0.389. The van der Waals surface area contributed by atoms with E-state index in [9.17, 15) is 27.6 Å². The monoisotopic (exact) mass is 478 g/mol. The molecule has 0 radical (unpaired) electrons. The van der Waals surface area contributed by atoms with E-state index < -0.39 is 39.3 Å². The summed E-state index contributed by atoms with van der Waals surface area (Å²) in [6, 6.07) is 5.23. The van der Waals surface area contributed by atoms with E-state index in [4.69, 9.17) is 9.47 Å². The van der Waals surface area contributed by atoms with Crippen molar-refractivity contribution in [2.24, 2.45) is 0 Å². The fourth-order valence-electron chi connectivity index (χ4n) is 2.25. The molecule has 0 atom stereocenters. The van der Waals surface area contributed by atoms with Gasteiger partial charge in [0.1, 0.15) is 23.2 Å². The van der Waals surface area contributed by atoms with Crippen molar-refractivity contribution in [1.82, 2.24) is 9.78 Å². The van der Waals surface area contributed by atoms with Gasteiger partial charge in [-0.15, -0.1) is 0 Å². The highest BCUT2D eigenvalue weighted by molar-refractivity contribution is 9.10. The van der Waals surface area contributed by atoms with E-state index >= 15 is 0 Å². The summed E-state index contributed by atoms with van der Waals surface area (Å²) in [5.74, 6) is -1.22. The van der Waals surface area contributed by atoms with Crippen LogP contribution in [0.1, 0.15) is 35.5 Å². The van der Waals surface area contributed by atoms with E-state index in [0.29, 0.717) is 0 Å². The smallest absolute Gasteiger partial charge is 0.433 e. The van der Waals surface area contributed by atoms with Gasteiger partial charge in [0.15, 0.2) is 0 Å². The van der Waals surface area contributed by atoms with E-state index in [1.807, 2.05) is 5.10 Å². The van der Waals surface area contributed by atoms with Gasteiger partial charge in [-0.3, -0.25) is 14.7 Å². The maximum Gasteiger partial charge on any atom is 0.433 e. The zero-order valence-corrected chi connectivity index (χ0v) is 17.3. The molecule has 2 aromatic rings. The minimum atomic E-state index is -4.69. The fourth-order valence-corrected chi connectivity index (χ4v) is 2.36. The number of aromatic nitrogens is 2. The number of H-pyrrole nitrogens is 1. The maximum atomic E-state index is 12.9. The third-order valence-corrected chi connectivity index (χ3v) is 4.13. The Kier molecular flexibility index (Phi) is 6.61. The lowest BCUT2D eigenvalue weighted by Crippen LogP contribution is -2.28. The second-order valence-electron chi connectivity index (χ2n) is 6.54. The third kappa shape index (κ3) is 5.49. The summed E-state index contributed by atoms with van der Waals surface area (Å²) in [6.45, 7) is 4.00. The van der Waals surface area contributed by atoms with Gasteiger partial charge in [0.25, 0.3) is 5.56 Å². The zero-order chi connectivity index (χ0) is 22.0. The quantitative estimate of drug-likeness (QED) is 0.390. The van der Waals surface area contributed by atoms with Gasteiger partial charge in [0, 0.05) is 5.56 Å². The van der Waals surface area contributed by atoms with Crippen LogP contribution in [-0.2, 0) is 20.4 Å². The molecule has 158 valence electrons. The standard InChI is InChI=1S/C18H18BrF3N2O5/c1-10-13(18(20,21)22)23-24(14(10)25)12-6-4-11(5-7-12)15(26)28-8-9-29-16(27)17(2,3)19/h4-7,23H,8-9H2,1-3H3. The second-order valence-corrected chi connectivity index (χ2v) is 8.52. The van der Waals surface area contributed by atoms with Crippen molar-refractivity contribution in [3.63, 3.8) is 0 Å². The molecule has 0 aliphatic heterocycles. The first-order chi connectivity index (χ1) is 13.3. The molecule has 2 rings (SSSR count). The van der Waals surface area contributed by atoms with Crippen LogP contribution in [0.25, 0.3) is 5.69 Å². The number of nitrogens with zero attached hydrogens (tertiary/aromatic N) is 1. The first-order valence-electron chi connectivity index (χ1n) is 8.35. The Balaban J connectivity index is 2.03. The van der Waals surface area contributed by atoms with Gasteiger partial charge in [0.2, 0.25) is 0 Å². The molecule has 0 spiro atoms. The third-order valence-electron chi connectivity index (χ3n) is 3.80. The number of alkyl halides is 4. The van der Waals surface area contributed by atoms with Crippen LogP contribution in [0.3, 0.4) is 0 Å². The zero-order valence-electron chi connectivity index (χ0n) is 15.7. The van der Waals surface area contributed by atoms with Crippen LogP contribution >= 0.6 is 15.9 Å². The van der Waals surface area contributed by atoms with Crippen molar-refractivity contribution in [1.29, 1.82) is 0 Å². The Hall–Kier alpha value is -2.56.